The Morgan fingerprint density at radius 1 is 1.06 bits per heavy atom. The van der Waals surface area contributed by atoms with Crippen molar-refractivity contribution >= 4 is 33.3 Å². The lowest BCUT2D eigenvalue weighted by Gasteiger charge is -2.18. The Bertz CT molecular complexity index is 1240. The van der Waals surface area contributed by atoms with Gasteiger partial charge in [0, 0.05) is 31.2 Å². The highest BCUT2D eigenvalue weighted by atomic mass is 32.2. The third-order valence-corrected chi connectivity index (χ3v) is 6.43. The van der Waals surface area contributed by atoms with Crippen molar-refractivity contribution < 1.29 is 41.5 Å². The minimum absolute atomic E-state index is 0.00659. The largest absolute Gasteiger partial charge is 0.486 e. The van der Waals surface area contributed by atoms with Crippen LogP contribution in [0.5, 0.6) is 11.5 Å². The summed E-state index contributed by atoms with van der Waals surface area (Å²) in [6.07, 6.45) is 1.37. The van der Waals surface area contributed by atoms with E-state index in [0.717, 1.165) is 18.2 Å². The maximum Gasteiger partial charge on any atom is 0.306 e. The van der Waals surface area contributed by atoms with E-state index < -0.39 is 50.6 Å². The predicted octanol–water partition coefficient (Wildman–Crippen LogP) is 2.53. The Balaban J connectivity index is 1.32. The number of fused-ring (bicyclic) bond motifs is 1. The molecule has 12 nitrogen and oxygen atoms in total. The smallest absolute Gasteiger partial charge is 0.306 e. The molecule has 0 atom stereocenters. The van der Waals surface area contributed by atoms with Crippen LogP contribution in [0.15, 0.2) is 41.3 Å². The molecule has 2 N–H and O–H groups in total. The molecule has 2 aromatic carbocycles. The molecule has 0 saturated heterocycles. The van der Waals surface area contributed by atoms with Crippen LogP contribution < -0.4 is 19.5 Å². The summed E-state index contributed by atoms with van der Waals surface area (Å²) in [5, 5.41) is 12.9. The molecule has 1 heterocycles. The minimum atomic E-state index is -3.74. The number of amides is 1. The second-order valence-electron chi connectivity index (χ2n) is 7.64. The number of carbonyl (C=O) groups excluding carboxylic acids is 2. The van der Waals surface area contributed by atoms with Gasteiger partial charge in [-0.15, -0.1) is 0 Å². The topological polar surface area (TPSA) is 163 Å². The Hall–Kier alpha value is -3.78. The summed E-state index contributed by atoms with van der Waals surface area (Å²) in [4.78, 5) is 33.7. The molecule has 0 bridgehead atoms. The van der Waals surface area contributed by atoms with Crippen molar-refractivity contribution in [1.29, 1.82) is 0 Å². The van der Waals surface area contributed by atoms with Gasteiger partial charge in [0.15, 0.2) is 18.1 Å². The SMILES string of the molecule is O=C(COC(=O)CCCCCNS(=O)(=O)c1ccc2c(c1)OCCO2)Nc1cc([N+](=O)[O-])ccc1F. The third kappa shape index (κ3) is 7.61. The first-order valence-electron chi connectivity index (χ1n) is 10.9. The van der Waals surface area contributed by atoms with E-state index in [2.05, 4.69) is 10.0 Å². The lowest BCUT2D eigenvalue weighted by atomic mass is 10.2. The van der Waals surface area contributed by atoms with Gasteiger partial charge in [0.2, 0.25) is 10.0 Å². The van der Waals surface area contributed by atoms with Crippen LogP contribution in [0.3, 0.4) is 0 Å². The van der Waals surface area contributed by atoms with Crippen LogP contribution in [0.4, 0.5) is 15.8 Å². The maximum absolute atomic E-state index is 13.7. The number of sulfonamides is 1. The van der Waals surface area contributed by atoms with Crippen LogP contribution in [0, 0.1) is 15.9 Å². The zero-order chi connectivity index (χ0) is 26.1. The molecule has 0 fully saturated rings. The number of halogens is 1. The predicted molar refractivity (Wildman–Crippen MR) is 124 cm³/mol. The highest BCUT2D eigenvalue weighted by Crippen LogP contribution is 2.32. The average Bonchev–Trinajstić information content (AvgIpc) is 2.85. The van der Waals surface area contributed by atoms with Crippen molar-refractivity contribution in [2.24, 2.45) is 0 Å². The van der Waals surface area contributed by atoms with Gasteiger partial charge >= 0.3 is 5.97 Å². The summed E-state index contributed by atoms with van der Waals surface area (Å²) in [5.74, 6) is -1.53. The number of non-ortho nitro benzene ring substituents is 1. The molecule has 2 aromatic rings. The zero-order valence-corrected chi connectivity index (χ0v) is 19.8. The van der Waals surface area contributed by atoms with Gasteiger partial charge in [0.1, 0.15) is 19.0 Å². The van der Waals surface area contributed by atoms with Crippen molar-refractivity contribution in [3.63, 3.8) is 0 Å². The number of nitro benzene ring substituents is 1. The first-order valence-corrected chi connectivity index (χ1v) is 12.4. The molecule has 36 heavy (non-hydrogen) atoms. The van der Waals surface area contributed by atoms with E-state index in [4.69, 9.17) is 14.2 Å². The van der Waals surface area contributed by atoms with Crippen LogP contribution in [-0.2, 0) is 24.3 Å². The number of benzene rings is 2. The fraction of sp³-hybridized carbons (Fsp3) is 0.364. The van der Waals surface area contributed by atoms with E-state index in [0.29, 0.717) is 44.0 Å². The molecule has 0 saturated carbocycles. The van der Waals surface area contributed by atoms with E-state index in [1.807, 2.05) is 0 Å². The molecule has 0 aliphatic carbocycles. The third-order valence-electron chi connectivity index (χ3n) is 4.97. The molecule has 3 rings (SSSR count). The highest BCUT2D eigenvalue weighted by molar-refractivity contribution is 7.89. The molecule has 194 valence electrons. The van der Waals surface area contributed by atoms with Crippen molar-refractivity contribution in [3.8, 4) is 11.5 Å². The second-order valence-corrected chi connectivity index (χ2v) is 9.41. The van der Waals surface area contributed by atoms with Gasteiger partial charge in [-0.25, -0.2) is 17.5 Å². The summed E-state index contributed by atoms with van der Waals surface area (Å²) >= 11 is 0. The Labute approximate surface area is 205 Å². The van der Waals surface area contributed by atoms with Crippen molar-refractivity contribution in [2.75, 3.05) is 31.7 Å². The molecule has 0 spiro atoms. The molecule has 0 radical (unpaired) electrons. The molecular formula is C22H24FN3O9S. The number of hydrogen-bond acceptors (Lipinski definition) is 9. The summed E-state index contributed by atoms with van der Waals surface area (Å²) in [6, 6.07) is 7.02. The van der Waals surface area contributed by atoms with Gasteiger partial charge in [0.25, 0.3) is 11.6 Å². The first-order chi connectivity index (χ1) is 17.2. The molecule has 0 unspecified atom stereocenters. The first kappa shape index (κ1) is 26.8. The van der Waals surface area contributed by atoms with Crippen molar-refractivity contribution in [2.45, 2.75) is 30.6 Å². The van der Waals surface area contributed by atoms with Crippen LogP contribution in [0.1, 0.15) is 25.7 Å². The fourth-order valence-electron chi connectivity index (χ4n) is 3.18. The van der Waals surface area contributed by atoms with E-state index in [1.54, 1.807) is 0 Å². The van der Waals surface area contributed by atoms with Crippen molar-refractivity contribution in [3.05, 3.63) is 52.3 Å². The average molecular weight is 526 g/mol. The summed E-state index contributed by atoms with van der Waals surface area (Å²) in [7, 11) is -3.74. The van der Waals surface area contributed by atoms with E-state index >= 15 is 0 Å². The van der Waals surface area contributed by atoms with Gasteiger partial charge < -0.3 is 19.5 Å². The number of nitro groups is 1. The van der Waals surface area contributed by atoms with Crippen LogP contribution in [0.2, 0.25) is 0 Å². The summed E-state index contributed by atoms with van der Waals surface area (Å²) in [5.41, 5.74) is -0.804. The quantitative estimate of drug-likeness (QED) is 0.183. The zero-order valence-electron chi connectivity index (χ0n) is 19.0. The number of ether oxygens (including phenoxy) is 3. The van der Waals surface area contributed by atoms with E-state index in [9.17, 15) is 32.5 Å². The van der Waals surface area contributed by atoms with E-state index in [-0.39, 0.29) is 17.9 Å². The molecule has 1 aliphatic heterocycles. The Kier molecular flexibility index (Phi) is 9.13. The monoisotopic (exact) mass is 525 g/mol. The number of nitrogens with zero attached hydrogens (tertiary/aromatic N) is 1. The molecule has 1 amide bonds. The number of carbonyl (C=O) groups is 2. The van der Waals surface area contributed by atoms with E-state index in [1.165, 1.54) is 18.2 Å². The number of nitrogens with one attached hydrogen (secondary N) is 2. The minimum Gasteiger partial charge on any atom is -0.486 e. The Morgan fingerprint density at radius 3 is 2.56 bits per heavy atom. The van der Waals surface area contributed by atoms with Gasteiger partial charge in [0.05, 0.1) is 15.5 Å². The summed E-state index contributed by atoms with van der Waals surface area (Å²) < 4.78 is 56.6. The standard InChI is InChI=1S/C22H24FN3O9S/c23-17-7-5-15(26(29)30)12-18(17)25-21(27)14-35-22(28)4-2-1-3-9-24-36(31,32)16-6-8-19-20(13-16)34-11-10-33-19/h5-8,12-13,24H,1-4,9-11,14H2,(H,25,27). The molecule has 14 heteroatoms. The van der Waals surface area contributed by atoms with Crippen LogP contribution in [0.25, 0.3) is 0 Å². The highest BCUT2D eigenvalue weighted by Gasteiger charge is 2.19. The van der Waals surface area contributed by atoms with Crippen LogP contribution in [-0.4, -0.2) is 51.6 Å². The van der Waals surface area contributed by atoms with Gasteiger partial charge in [-0.2, -0.15) is 0 Å². The number of unbranched alkanes of at least 4 members (excludes halogenated alkanes) is 2. The number of hydrogen-bond donors (Lipinski definition) is 2. The second kappa shape index (κ2) is 12.3. The fourth-order valence-corrected chi connectivity index (χ4v) is 4.27. The lowest BCUT2D eigenvalue weighted by molar-refractivity contribution is -0.384. The van der Waals surface area contributed by atoms with Gasteiger partial charge in [-0.1, -0.05) is 6.42 Å². The normalized spacial score (nSPS) is 12.6. The van der Waals surface area contributed by atoms with Crippen molar-refractivity contribution in [1.82, 2.24) is 4.72 Å². The molecule has 1 aliphatic rings. The maximum atomic E-state index is 13.7. The molecular weight excluding hydrogens is 501 g/mol. The summed E-state index contributed by atoms with van der Waals surface area (Å²) in [6.45, 7) is 0.214. The Morgan fingerprint density at radius 2 is 1.81 bits per heavy atom. The number of rotatable bonds is 12. The lowest BCUT2D eigenvalue weighted by Crippen LogP contribution is -2.25. The number of esters is 1. The number of anilines is 1. The van der Waals surface area contributed by atoms with Gasteiger partial charge in [-0.3, -0.25) is 19.7 Å². The van der Waals surface area contributed by atoms with Gasteiger partial charge in [-0.05, 0) is 31.0 Å². The van der Waals surface area contributed by atoms with Crippen LogP contribution >= 0.6 is 0 Å². The molecule has 0 aromatic heterocycles.